The molecule has 0 heterocycles. The van der Waals surface area contributed by atoms with E-state index in [1.165, 1.54) is 0 Å². The van der Waals surface area contributed by atoms with E-state index < -0.39 is 5.67 Å². The van der Waals surface area contributed by atoms with Gasteiger partial charge in [-0.25, -0.2) is 4.39 Å². The number of hydrogen-bond donors (Lipinski definition) is 0. The first kappa shape index (κ1) is 7.99. The first-order valence-electron chi connectivity index (χ1n) is 3.88. The molecule has 2 heteroatoms. The third-order valence-corrected chi connectivity index (χ3v) is 2.34. The molecule has 0 radical (unpaired) electrons. The first-order valence-corrected chi connectivity index (χ1v) is 3.88. The second kappa shape index (κ2) is 2.87. The highest BCUT2D eigenvalue weighted by Gasteiger charge is 2.36. The van der Waals surface area contributed by atoms with Crippen LogP contribution in [0, 0.1) is 0 Å². The summed E-state index contributed by atoms with van der Waals surface area (Å²) >= 11 is 0. The third-order valence-electron chi connectivity index (χ3n) is 2.34. The Balaban J connectivity index is 2.51. The highest BCUT2D eigenvalue weighted by molar-refractivity contribution is 4.87. The number of alkyl halides is 1. The minimum atomic E-state index is -1.08. The van der Waals surface area contributed by atoms with E-state index in [2.05, 4.69) is 0 Å². The molecule has 1 aliphatic rings. The lowest BCUT2D eigenvalue weighted by molar-refractivity contribution is -0.0536. The van der Waals surface area contributed by atoms with Crippen molar-refractivity contribution >= 4 is 0 Å². The zero-order valence-electron chi connectivity index (χ0n) is 6.69. The zero-order valence-corrected chi connectivity index (χ0v) is 6.69. The van der Waals surface area contributed by atoms with Crippen LogP contribution in [0.5, 0.6) is 0 Å². The van der Waals surface area contributed by atoms with Gasteiger partial charge >= 0.3 is 0 Å². The van der Waals surface area contributed by atoms with Gasteiger partial charge in [0.1, 0.15) is 5.67 Å². The van der Waals surface area contributed by atoms with E-state index in [4.69, 9.17) is 4.74 Å². The summed E-state index contributed by atoms with van der Waals surface area (Å²) in [6.07, 6.45) is 3.49. The van der Waals surface area contributed by atoms with Crippen molar-refractivity contribution in [2.45, 2.75) is 44.4 Å². The van der Waals surface area contributed by atoms with Gasteiger partial charge in [-0.3, -0.25) is 0 Å². The number of methoxy groups -OCH3 is 1. The molecule has 0 amide bonds. The van der Waals surface area contributed by atoms with Crippen LogP contribution in [0.15, 0.2) is 0 Å². The van der Waals surface area contributed by atoms with Crippen molar-refractivity contribution in [2.75, 3.05) is 7.11 Å². The van der Waals surface area contributed by atoms with E-state index in [0.29, 0.717) is 6.42 Å². The fraction of sp³-hybridized carbons (Fsp3) is 1.00. The second-order valence-corrected chi connectivity index (χ2v) is 3.25. The summed E-state index contributed by atoms with van der Waals surface area (Å²) in [5.74, 6) is 0. The maximum Gasteiger partial charge on any atom is 0.134 e. The normalized spacial score (nSPS) is 41.7. The Morgan fingerprint density at radius 2 is 2.20 bits per heavy atom. The summed E-state index contributed by atoms with van der Waals surface area (Å²) in [5, 5.41) is 0. The minimum absolute atomic E-state index is 0.166. The Morgan fingerprint density at radius 3 is 2.60 bits per heavy atom. The molecule has 1 saturated carbocycles. The van der Waals surface area contributed by atoms with E-state index in [1.807, 2.05) is 0 Å². The number of rotatable bonds is 1. The Labute approximate surface area is 61.6 Å². The van der Waals surface area contributed by atoms with Crippen molar-refractivity contribution in [3.8, 4) is 0 Å². The molecule has 0 aliphatic heterocycles. The highest BCUT2D eigenvalue weighted by Crippen LogP contribution is 2.33. The standard InChI is InChI=1S/C8H15FO/c1-8(9)6-4-3-5-7(8)10-2/h7H,3-6H2,1-2H3. The first-order chi connectivity index (χ1) is 4.67. The summed E-state index contributed by atoms with van der Waals surface area (Å²) in [4.78, 5) is 0. The molecule has 1 nitrogen and oxygen atoms in total. The van der Waals surface area contributed by atoms with Crippen LogP contribution in [-0.2, 0) is 4.74 Å². The van der Waals surface area contributed by atoms with Gasteiger partial charge in [0.15, 0.2) is 0 Å². The Bertz CT molecular complexity index is 112. The average Bonchev–Trinajstić information content (AvgIpc) is 1.87. The van der Waals surface area contributed by atoms with Crippen LogP contribution in [0.25, 0.3) is 0 Å². The molecule has 0 aromatic rings. The maximum absolute atomic E-state index is 13.4. The maximum atomic E-state index is 13.4. The summed E-state index contributed by atoms with van der Waals surface area (Å²) < 4.78 is 18.4. The zero-order chi connectivity index (χ0) is 7.61. The van der Waals surface area contributed by atoms with E-state index in [9.17, 15) is 4.39 Å². The fourth-order valence-corrected chi connectivity index (χ4v) is 1.63. The highest BCUT2D eigenvalue weighted by atomic mass is 19.1. The van der Waals surface area contributed by atoms with Gasteiger partial charge in [-0.15, -0.1) is 0 Å². The molecule has 0 saturated heterocycles. The van der Waals surface area contributed by atoms with Crippen LogP contribution in [0.1, 0.15) is 32.6 Å². The van der Waals surface area contributed by atoms with Crippen LogP contribution < -0.4 is 0 Å². The van der Waals surface area contributed by atoms with E-state index in [1.54, 1.807) is 14.0 Å². The van der Waals surface area contributed by atoms with Gasteiger partial charge in [-0.05, 0) is 19.8 Å². The average molecular weight is 146 g/mol. The Kier molecular flexibility index (Phi) is 2.29. The van der Waals surface area contributed by atoms with Crippen molar-refractivity contribution in [3.63, 3.8) is 0 Å². The van der Waals surface area contributed by atoms with E-state index in [-0.39, 0.29) is 6.10 Å². The monoisotopic (exact) mass is 146 g/mol. The van der Waals surface area contributed by atoms with Crippen LogP contribution in [0.2, 0.25) is 0 Å². The summed E-state index contributed by atoms with van der Waals surface area (Å²) in [6.45, 7) is 1.64. The lowest BCUT2D eigenvalue weighted by Crippen LogP contribution is -2.39. The molecular weight excluding hydrogens is 131 g/mol. The topological polar surface area (TPSA) is 9.23 Å². The summed E-state index contributed by atoms with van der Waals surface area (Å²) in [5.41, 5.74) is -1.08. The van der Waals surface area contributed by atoms with Gasteiger partial charge < -0.3 is 4.74 Å². The lowest BCUT2D eigenvalue weighted by Gasteiger charge is -2.33. The van der Waals surface area contributed by atoms with Crippen molar-refractivity contribution in [2.24, 2.45) is 0 Å². The van der Waals surface area contributed by atoms with Gasteiger partial charge in [0, 0.05) is 7.11 Å². The molecule has 1 fully saturated rings. The van der Waals surface area contributed by atoms with Crippen molar-refractivity contribution in [3.05, 3.63) is 0 Å². The smallest absolute Gasteiger partial charge is 0.134 e. The number of ether oxygens (including phenoxy) is 1. The summed E-state index contributed by atoms with van der Waals surface area (Å²) in [6, 6.07) is 0. The van der Waals surface area contributed by atoms with Crippen molar-refractivity contribution < 1.29 is 9.13 Å². The molecule has 2 atom stereocenters. The Hall–Kier alpha value is -0.110. The summed E-state index contributed by atoms with van der Waals surface area (Å²) in [7, 11) is 1.59. The molecule has 60 valence electrons. The van der Waals surface area contributed by atoms with E-state index >= 15 is 0 Å². The number of halogens is 1. The molecule has 1 aliphatic carbocycles. The van der Waals surface area contributed by atoms with Crippen LogP contribution >= 0.6 is 0 Å². The predicted octanol–water partition coefficient (Wildman–Crippen LogP) is 2.30. The molecule has 0 N–H and O–H groups in total. The van der Waals surface area contributed by atoms with Crippen molar-refractivity contribution in [1.29, 1.82) is 0 Å². The van der Waals surface area contributed by atoms with Gasteiger partial charge in [-0.2, -0.15) is 0 Å². The molecule has 0 aromatic heterocycles. The minimum Gasteiger partial charge on any atom is -0.378 e. The van der Waals surface area contributed by atoms with Gasteiger partial charge in [0.05, 0.1) is 6.10 Å². The van der Waals surface area contributed by atoms with Crippen LogP contribution in [-0.4, -0.2) is 18.9 Å². The predicted molar refractivity (Wildman–Crippen MR) is 38.8 cm³/mol. The molecule has 2 unspecified atom stereocenters. The molecule has 1 rings (SSSR count). The van der Waals surface area contributed by atoms with Gasteiger partial charge in [0.25, 0.3) is 0 Å². The Morgan fingerprint density at radius 1 is 1.50 bits per heavy atom. The molecule has 10 heavy (non-hydrogen) atoms. The van der Waals surface area contributed by atoms with Crippen molar-refractivity contribution in [1.82, 2.24) is 0 Å². The van der Waals surface area contributed by atoms with Gasteiger partial charge in [-0.1, -0.05) is 12.8 Å². The largest absolute Gasteiger partial charge is 0.378 e. The quantitative estimate of drug-likeness (QED) is 0.551. The SMILES string of the molecule is COC1CCCCC1(C)F. The molecular formula is C8H15FO. The van der Waals surface area contributed by atoms with Crippen LogP contribution in [0.3, 0.4) is 0 Å². The molecule has 0 spiro atoms. The fourth-order valence-electron chi connectivity index (χ4n) is 1.63. The van der Waals surface area contributed by atoms with Gasteiger partial charge in [0.2, 0.25) is 0 Å². The number of hydrogen-bond acceptors (Lipinski definition) is 1. The third kappa shape index (κ3) is 1.48. The second-order valence-electron chi connectivity index (χ2n) is 3.25. The van der Waals surface area contributed by atoms with E-state index in [0.717, 1.165) is 19.3 Å². The molecule has 0 bridgehead atoms. The molecule has 0 aromatic carbocycles. The van der Waals surface area contributed by atoms with Crippen LogP contribution in [0.4, 0.5) is 4.39 Å². The lowest BCUT2D eigenvalue weighted by atomic mass is 9.85.